The molecule has 138 valence electrons. The molecule has 1 heterocycles. The molecule has 0 aromatic rings. The van der Waals surface area contributed by atoms with Crippen molar-refractivity contribution in [3.8, 4) is 0 Å². The zero-order valence-electron chi connectivity index (χ0n) is 15.6. The van der Waals surface area contributed by atoms with Crippen molar-refractivity contribution in [1.29, 1.82) is 0 Å². The van der Waals surface area contributed by atoms with Crippen molar-refractivity contribution in [3.63, 3.8) is 0 Å². The van der Waals surface area contributed by atoms with Crippen LogP contribution in [-0.2, 0) is 4.74 Å². The molecule has 1 atom stereocenters. The van der Waals surface area contributed by atoms with Crippen LogP contribution < -0.4 is 10.6 Å². The van der Waals surface area contributed by atoms with Crippen LogP contribution in [0.15, 0.2) is 4.99 Å². The Hall–Kier alpha value is -0.0800. The molecule has 2 N–H and O–H groups in total. The van der Waals surface area contributed by atoms with Gasteiger partial charge in [-0.3, -0.25) is 9.89 Å². The molecule has 0 aromatic heterocycles. The average molecular weight is 440 g/mol. The van der Waals surface area contributed by atoms with E-state index in [1.54, 1.807) is 0 Å². The maximum Gasteiger partial charge on any atom is 0.191 e. The fourth-order valence-corrected chi connectivity index (χ4v) is 2.76. The first-order valence-corrected chi connectivity index (χ1v) is 8.79. The number of halogens is 1. The van der Waals surface area contributed by atoms with Crippen molar-refractivity contribution in [2.24, 2.45) is 16.8 Å². The minimum atomic E-state index is 0. The van der Waals surface area contributed by atoms with Crippen LogP contribution in [0.2, 0.25) is 0 Å². The highest BCUT2D eigenvalue weighted by Crippen LogP contribution is 2.12. The van der Waals surface area contributed by atoms with Crippen LogP contribution in [-0.4, -0.2) is 63.3 Å². The second kappa shape index (κ2) is 13.2. The molecule has 1 aliphatic heterocycles. The van der Waals surface area contributed by atoms with Crippen molar-refractivity contribution >= 4 is 29.9 Å². The number of aliphatic imine (C=N–C) groups is 1. The Kier molecular flexibility index (Phi) is 13.2. The molecule has 1 unspecified atom stereocenters. The number of nitrogens with one attached hydrogen (secondary N) is 2. The molecule has 0 radical (unpaired) electrons. The predicted octanol–water partition coefficient (Wildman–Crippen LogP) is 2.56. The van der Waals surface area contributed by atoms with E-state index in [1.807, 2.05) is 7.05 Å². The zero-order valence-corrected chi connectivity index (χ0v) is 17.9. The van der Waals surface area contributed by atoms with E-state index in [2.05, 4.69) is 48.2 Å². The van der Waals surface area contributed by atoms with Gasteiger partial charge in [-0.2, -0.15) is 0 Å². The molecule has 0 aromatic carbocycles. The first kappa shape index (κ1) is 22.9. The quantitative estimate of drug-likeness (QED) is 0.346. The molecule has 0 aliphatic carbocycles. The topological polar surface area (TPSA) is 48.9 Å². The summed E-state index contributed by atoms with van der Waals surface area (Å²) in [6.07, 6.45) is 2.37. The van der Waals surface area contributed by atoms with Crippen LogP contribution in [0.1, 0.15) is 40.5 Å². The highest BCUT2D eigenvalue weighted by Gasteiger charge is 2.22. The number of rotatable bonds is 8. The second-order valence-corrected chi connectivity index (χ2v) is 6.99. The summed E-state index contributed by atoms with van der Waals surface area (Å²) in [4.78, 5) is 6.89. The Labute approximate surface area is 160 Å². The minimum Gasteiger partial charge on any atom is -0.379 e. The number of hydrogen-bond donors (Lipinski definition) is 2. The first-order valence-electron chi connectivity index (χ1n) is 8.79. The Morgan fingerprint density at radius 1 is 1.09 bits per heavy atom. The van der Waals surface area contributed by atoms with E-state index in [9.17, 15) is 0 Å². The van der Waals surface area contributed by atoms with Gasteiger partial charge in [-0.25, -0.2) is 0 Å². The number of guanidine groups is 1. The summed E-state index contributed by atoms with van der Waals surface area (Å²) < 4.78 is 5.48. The van der Waals surface area contributed by atoms with Gasteiger partial charge in [0.05, 0.1) is 13.2 Å². The third-order valence-corrected chi connectivity index (χ3v) is 4.05. The van der Waals surface area contributed by atoms with Crippen LogP contribution in [0, 0.1) is 11.8 Å². The van der Waals surface area contributed by atoms with Crippen LogP contribution in [0.25, 0.3) is 0 Å². The Morgan fingerprint density at radius 2 is 1.74 bits per heavy atom. The normalized spacial score (nSPS) is 18.0. The molecule has 5 nitrogen and oxygen atoms in total. The molecule has 1 rings (SSSR count). The molecule has 0 spiro atoms. The van der Waals surface area contributed by atoms with Gasteiger partial charge in [0, 0.05) is 39.3 Å². The molecule has 1 saturated heterocycles. The lowest BCUT2D eigenvalue weighted by Crippen LogP contribution is -2.51. The highest BCUT2D eigenvalue weighted by atomic mass is 127. The third kappa shape index (κ3) is 10.4. The van der Waals surface area contributed by atoms with Crippen molar-refractivity contribution in [3.05, 3.63) is 0 Å². The minimum absolute atomic E-state index is 0. The molecule has 0 bridgehead atoms. The van der Waals surface area contributed by atoms with E-state index < -0.39 is 0 Å². The zero-order chi connectivity index (χ0) is 16.4. The first-order chi connectivity index (χ1) is 10.5. The van der Waals surface area contributed by atoms with Crippen molar-refractivity contribution in [2.75, 3.05) is 46.4 Å². The molecular weight excluding hydrogens is 403 g/mol. The molecular formula is C17H37IN4O. The summed E-state index contributed by atoms with van der Waals surface area (Å²) >= 11 is 0. The third-order valence-electron chi connectivity index (χ3n) is 4.05. The SMILES string of the molecule is CN=C(NCCC(C)C)NCC(CC(C)C)N1CCOCC1.I. The predicted molar refractivity (Wildman–Crippen MR) is 110 cm³/mol. The monoisotopic (exact) mass is 440 g/mol. The molecule has 0 amide bonds. The molecule has 23 heavy (non-hydrogen) atoms. The van der Waals surface area contributed by atoms with Crippen molar-refractivity contribution in [1.82, 2.24) is 15.5 Å². The van der Waals surface area contributed by atoms with Gasteiger partial charge in [-0.1, -0.05) is 27.7 Å². The van der Waals surface area contributed by atoms with Gasteiger partial charge in [0.15, 0.2) is 5.96 Å². The summed E-state index contributed by atoms with van der Waals surface area (Å²) in [6, 6.07) is 0.549. The van der Waals surface area contributed by atoms with Gasteiger partial charge >= 0.3 is 0 Å². The number of ether oxygens (including phenoxy) is 1. The lowest BCUT2D eigenvalue weighted by molar-refractivity contribution is 0.0132. The van der Waals surface area contributed by atoms with Gasteiger partial charge in [-0.15, -0.1) is 24.0 Å². The van der Waals surface area contributed by atoms with E-state index in [1.165, 1.54) is 12.8 Å². The lowest BCUT2D eigenvalue weighted by atomic mass is 10.0. The molecule has 0 saturated carbocycles. The maximum atomic E-state index is 5.48. The van der Waals surface area contributed by atoms with Gasteiger partial charge in [0.25, 0.3) is 0 Å². The van der Waals surface area contributed by atoms with Crippen LogP contribution in [0.5, 0.6) is 0 Å². The standard InChI is InChI=1S/C17H36N4O.HI/c1-14(2)6-7-19-17(18-5)20-13-16(12-15(3)4)21-8-10-22-11-9-21;/h14-16H,6-13H2,1-5H3,(H2,18,19,20);1H. The summed E-state index contributed by atoms with van der Waals surface area (Å²) in [7, 11) is 1.84. The van der Waals surface area contributed by atoms with E-state index >= 15 is 0 Å². The second-order valence-electron chi connectivity index (χ2n) is 6.99. The fraction of sp³-hybridized carbons (Fsp3) is 0.941. The summed E-state index contributed by atoms with van der Waals surface area (Å²) in [5.74, 6) is 2.33. The Balaban J connectivity index is 0.00000484. The number of nitrogens with zero attached hydrogens (tertiary/aromatic N) is 2. The van der Waals surface area contributed by atoms with Gasteiger partial charge in [0.2, 0.25) is 0 Å². The Bertz CT molecular complexity index is 318. The largest absolute Gasteiger partial charge is 0.379 e. The average Bonchev–Trinajstić information content (AvgIpc) is 2.49. The lowest BCUT2D eigenvalue weighted by Gasteiger charge is -2.35. The van der Waals surface area contributed by atoms with Crippen LogP contribution in [0.4, 0.5) is 0 Å². The van der Waals surface area contributed by atoms with Crippen molar-refractivity contribution < 1.29 is 4.74 Å². The van der Waals surface area contributed by atoms with Gasteiger partial charge < -0.3 is 15.4 Å². The smallest absolute Gasteiger partial charge is 0.191 e. The van der Waals surface area contributed by atoms with E-state index in [-0.39, 0.29) is 24.0 Å². The number of hydrogen-bond acceptors (Lipinski definition) is 3. The van der Waals surface area contributed by atoms with Crippen LogP contribution in [0.3, 0.4) is 0 Å². The van der Waals surface area contributed by atoms with E-state index in [0.29, 0.717) is 17.9 Å². The maximum absolute atomic E-state index is 5.48. The van der Waals surface area contributed by atoms with Gasteiger partial charge in [-0.05, 0) is 24.7 Å². The summed E-state index contributed by atoms with van der Waals surface area (Å²) in [5, 5.41) is 6.91. The number of morpholine rings is 1. The highest BCUT2D eigenvalue weighted by molar-refractivity contribution is 14.0. The summed E-state index contributed by atoms with van der Waals surface area (Å²) in [6.45, 7) is 14.8. The Morgan fingerprint density at radius 3 is 2.26 bits per heavy atom. The van der Waals surface area contributed by atoms with Gasteiger partial charge in [0.1, 0.15) is 0 Å². The summed E-state index contributed by atoms with van der Waals surface area (Å²) in [5.41, 5.74) is 0. The van der Waals surface area contributed by atoms with E-state index in [0.717, 1.165) is 45.4 Å². The molecule has 1 fully saturated rings. The van der Waals surface area contributed by atoms with Crippen molar-refractivity contribution in [2.45, 2.75) is 46.6 Å². The molecule has 1 aliphatic rings. The molecule has 6 heteroatoms. The van der Waals surface area contributed by atoms with Crippen LogP contribution >= 0.6 is 24.0 Å². The van der Waals surface area contributed by atoms with E-state index in [4.69, 9.17) is 4.74 Å². The fourth-order valence-electron chi connectivity index (χ4n) is 2.76.